The van der Waals surface area contributed by atoms with Gasteiger partial charge in [0.1, 0.15) is 0 Å². The second-order valence-corrected chi connectivity index (χ2v) is 4.50. The van der Waals surface area contributed by atoms with Crippen molar-refractivity contribution in [2.45, 2.75) is 26.2 Å². The maximum atomic E-state index is 10.5. The highest BCUT2D eigenvalue weighted by atomic mass is 16.4. The van der Waals surface area contributed by atoms with Crippen LogP contribution < -0.4 is 0 Å². The fourth-order valence-corrected chi connectivity index (χ4v) is 1.94. The lowest BCUT2D eigenvalue weighted by molar-refractivity contribution is -0.136. The summed E-state index contributed by atoms with van der Waals surface area (Å²) in [5.41, 5.74) is 4.27. The minimum atomic E-state index is -0.778. The van der Waals surface area contributed by atoms with E-state index in [2.05, 4.69) is 24.0 Å². The molecule has 0 aliphatic carbocycles. The number of hydrogen-bond acceptors (Lipinski definition) is 2. The number of aryl methyl sites for hydroxylation is 2. The van der Waals surface area contributed by atoms with Gasteiger partial charge in [0.2, 0.25) is 0 Å². The van der Waals surface area contributed by atoms with Crippen molar-refractivity contribution in [1.29, 1.82) is 0 Å². The van der Waals surface area contributed by atoms with Crippen molar-refractivity contribution in [3.8, 4) is 11.3 Å². The summed E-state index contributed by atoms with van der Waals surface area (Å²) >= 11 is 0. The van der Waals surface area contributed by atoms with Crippen LogP contribution in [0.5, 0.6) is 0 Å². The third kappa shape index (κ3) is 3.65. The Labute approximate surface area is 112 Å². The molecule has 2 rings (SSSR count). The second kappa shape index (κ2) is 6.14. The zero-order valence-electron chi connectivity index (χ0n) is 11.0. The molecule has 0 saturated carbocycles. The Balaban J connectivity index is 2.15. The Morgan fingerprint density at radius 1 is 1.21 bits per heavy atom. The third-order valence-electron chi connectivity index (χ3n) is 3.08. The first kappa shape index (κ1) is 13.3. The molecule has 0 bridgehead atoms. The number of nitrogens with zero attached hydrogens (tertiary/aromatic N) is 1. The highest BCUT2D eigenvalue weighted by molar-refractivity contribution is 5.67. The van der Waals surface area contributed by atoms with Crippen LogP contribution >= 0.6 is 0 Å². The fourth-order valence-electron chi connectivity index (χ4n) is 1.94. The summed E-state index contributed by atoms with van der Waals surface area (Å²) in [7, 11) is 0. The van der Waals surface area contributed by atoms with Gasteiger partial charge in [0.05, 0.1) is 5.69 Å². The van der Waals surface area contributed by atoms with E-state index in [0.29, 0.717) is 6.42 Å². The van der Waals surface area contributed by atoms with Crippen LogP contribution in [-0.2, 0) is 17.6 Å². The number of rotatable bonds is 5. The molecule has 3 heteroatoms. The molecule has 0 aliphatic rings. The SMILES string of the molecule is CCc1cccc(-c2ccc(CCC(=O)O)cn2)c1. The molecule has 1 aromatic carbocycles. The Hall–Kier alpha value is -2.16. The summed E-state index contributed by atoms with van der Waals surface area (Å²) in [4.78, 5) is 14.9. The lowest BCUT2D eigenvalue weighted by Gasteiger charge is -2.04. The predicted molar refractivity (Wildman–Crippen MR) is 75.0 cm³/mol. The lowest BCUT2D eigenvalue weighted by Crippen LogP contribution is -1.98. The zero-order valence-corrected chi connectivity index (χ0v) is 11.0. The topological polar surface area (TPSA) is 50.2 Å². The van der Waals surface area contributed by atoms with Crippen LogP contribution in [0.15, 0.2) is 42.6 Å². The first-order valence-electron chi connectivity index (χ1n) is 6.45. The number of carboxylic acid groups (broad SMARTS) is 1. The van der Waals surface area contributed by atoms with Gasteiger partial charge in [-0.1, -0.05) is 31.2 Å². The first-order valence-corrected chi connectivity index (χ1v) is 6.45. The van der Waals surface area contributed by atoms with Crippen LogP contribution in [0.1, 0.15) is 24.5 Å². The molecule has 0 atom stereocenters. The second-order valence-electron chi connectivity index (χ2n) is 4.50. The molecule has 0 amide bonds. The van der Waals surface area contributed by atoms with Crippen molar-refractivity contribution in [3.63, 3.8) is 0 Å². The van der Waals surface area contributed by atoms with Crippen molar-refractivity contribution in [2.75, 3.05) is 0 Å². The minimum Gasteiger partial charge on any atom is -0.481 e. The molecule has 0 spiro atoms. The molecular formula is C16H17NO2. The van der Waals surface area contributed by atoms with Crippen LogP contribution in [0.4, 0.5) is 0 Å². The number of carbonyl (C=O) groups is 1. The molecule has 0 fully saturated rings. The Morgan fingerprint density at radius 2 is 2.05 bits per heavy atom. The molecule has 0 saturated heterocycles. The maximum Gasteiger partial charge on any atom is 0.303 e. The highest BCUT2D eigenvalue weighted by Gasteiger charge is 2.02. The average Bonchev–Trinajstić information content (AvgIpc) is 2.45. The van der Waals surface area contributed by atoms with Crippen molar-refractivity contribution in [1.82, 2.24) is 4.98 Å². The van der Waals surface area contributed by atoms with Gasteiger partial charge in [-0.3, -0.25) is 9.78 Å². The number of benzene rings is 1. The molecule has 1 N–H and O–H groups in total. The summed E-state index contributed by atoms with van der Waals surface area (Å²) < 4.78 is 0. The number of hydrogen-bond donors (Lipinski definition) is 1. The standard InChI is InChI=1S/C16H17NO2/c1-2-12-4-3-5-14(10-12)15-8-6-13(11-17-15)7-9-16(18)19/h3-6,8,10-11H,2,7,9H2,1H3,(H,18,19). The molecule has 19 heavy (non-hydrogen) atoms. The summed E-state index contributed by atoms with van der Waals surface area (Å²) in [6, 6.07) is 12.2. The molecule has 0 aliphatic heterocycles. The number of carboxylic acids is 1. The number of aliphatic carboxylic acids is 1. The van der Waals surface area contributed by atoms with Crippen LogP contribution in [0.2, 0.25) is 0 Å². The van der Waals surface area contributed by atoms with Crippen molar-refractivity contribution >= 4 is 5.97 Å². The van der Waals surface area contributed by atoms with Crippen LogP contribution in [-0.4, -0.2) is 16.1 Å². The van der Waals surface area contributed by atoms with Crippen LogP contribution in [0, 0.1) is 0 Å². The molecule has 98 valence electrons. The quantitative estimate of drug-likeness (QED) is 0.891. The monoisotopic (exact) mass is 255 g/mol. The van der Waals surface area contributed by atoms with E-state index >= 15 is 0 Å². The molecular weight excluding hydrogens is 238 g/mol. The summed E-state index contributed by atoms with van der Waals surface area (Å²) in [6.07, 6.45) is 3.44. The van der Waals surface area contributed by atoms with Gasteiger partial charge in [-0.05, 0) is 36.1 Å². The van der Waals surface area contributed by atoms with Crippen LogP contribution in [0.3, 0.4) is 0 Å². The molecule has 0 radical (unpaired) electrons. The Bertz CT molecular complexity index is 561. The smallest absolute Gasteiger partial charge is 0.303 e. The molecule has 3 nitrogen and oxygen atoms in total. The van der Waals surface area contributed by atoms with Crippen molar-refractivity contribution in [2.24, 2.45) is 0 Å². The largest absolute Gasteiger partial charge is 0.481 e. The van der Waals surface area contributed by atoms with Gasteiger partial charge in [0.25, 0.3) is 0 Å². The van der Waals surface area contributed by atoms with E-state index in [4.69, 9.17) is 5.11 Å². The van der Waals surface area contributed by atoms with Crippen LogP contribution in [0.25, 0.3) is 11.3 Å². The van der Waals surface area contributed by atoms with Gasteiger partial charge in [-0.15, -0.1) is 0 Å². The number of pyridine rings is 1. The Kier molecular flexibility index (Phi) is 4.29. The van der Waals surface area contributed by atoms with Gasteiger partial charge < -0.3 is 5.11 Å². The minimum absolute atomic E-state index is 0.145. The van der Waals surface area contributed by atoms with E-state index in [0.717, 1.165) is 23.2 Å². The zero-order chi connectivity index (χ0) is 13.7. The summed E-state index contributed by atoms with van der Waals surface area (Å²) in [5, 5.41) is 8.64. The van der Waals surface area contributed by atoms with Gasteiger partial charge in [0.15, 0.2) is 0 Å². The molecule has 1 aromatic heterocycles. The van der Waals surface area contributed by atoms with E-state index in [1.807, 2.05) is 24.3 Å². The van der Waals surface area contributed by atoms with Gasteiger partial charge in [0, 0.05) is 18.2 Å². The molecule has 0 unspecified atom stereocenters. The highest BCUT2D eigenvalue weighted by Crippen LogP contribution is 2.19. The van der Waals surface area contributed by atoms with Gasteiger partial charge in [-0.25, -0.2) is 0 Å². The third-order valence-corrected chi connectivity index (χ3v) is 3.08. The maximum absolute atomic E-state index is 10.5. The Morgan fingerprint density at radius 3 is 2.68 bits per heavy atom. The molecule has 1 heterocycles. The van der Waals surface area contributed by atoms with Gasteiger partial charge in [-0.2, -0.15) is 0 Å². The average molecular weight is 255 g/mol. The predicted octanol–water partition coefficient (Wildman–Crippen LogP) is 3.33. The van der Waals surface area contributed by atoms with E-state index < -0.39 is 5.97 Å². The van der Waals surface area contributed by atoms with E-state index in [1.54, 1.807) is 6.20 Å². The van der Waals surface area contributed by atoms with Gasteiger partial charge >= 0.3 is 5.97 Å². The normalized spacial score (nSPS) is 10.4. The van der Waals surface area contributed by atoms with E-state index in [-0.39, 0.29) is 6.42 Å². The summed E-state index contributed by atoms with van der Waals surface area (Å²) in [6.45, 7) is 2.13. The number of aromatic nitrogens is 1. The van der Waals surface area contributed by atoms with E-state index in [9.17, 15) is 4.79 Å². The summed E-state index contributed by atoms with van der Waals surface area (Å²) in [5.74, 6) is -0.778. The lowest BCUT2D eigenvalue weighted by atomic mass is 10.0. The van der Waals surface area contributed by atoms with E-state index in [1.165, 1.54) is 5.56 Å². The fraction of sp³-hybridized carbons (Fsp3) is 0.250. The molecule has 2 aromatic rings. The first-order chi connectivity index (χ1) is 9.19. The van der Waals surface area contributed by atoms with Crippen molar-refractivity contribution in [3.05, 3.63) is 53.7 Å². The van der Waals surface area contributed by atoms with Crippen molar-refractivity contribution < 1.29 is 9.90 Å².